The van der Waals surface area contributed by atoms with Crippen LogP contribution >= 0.6 is 34.7 Å². The van der Waals surface area contributed by atoms with Crippen molar-refractivity contribution in [3.05, 3.63) is 82.9 Å². The Balaban J connectivity index is 1.60. The van der Waals surface area contributed by atoms with Gasteiger partial charge in [0.25, 0.3) is 0 Å². The monoisotopic (exact) mass is 468 g/mol. The van der Waals surface area contributed by atoms with Crippen LogP contribution in [0.4, 0.5) is 5.13 Å². The molecule has 0 saturated heterocycles. The van der Waals surface area contributed by atoms with E-state index in [4.69, 9.17) is 21.3 Å². The van der Waals surface area contributed by atoms with Crippen molar-refractivity contribution in [2.75, 3.05) is 17.8 Å². The molecule has 0 aliphatic carbocycles. The molecule has 0 radical (unpaired) electrons. The number of aryl methyl sites for hydroxylation is 1. The average molecular weight is 469 g/mol. The fourth-order valence-corrected chi connectivity index (χ4v) is 5.39. The SMILES string of the molecule is COc1ccc(SCC(=O)N(Cc2ccccc2)c2nc3c(C)cc(Cl)cc3s2)cc1. The maximum Gasteiger partial charge on any atom is 0.239 e. The van der Waals surface area contributed by atoms with Crippen LogP contribution in [-0.2, 0) is 11.3 Å². The predicted molar refractivity (Wildman–Crippen MR) is 131 cm³/mol. The Kier molecular flexibility index (Phi) is 6.80. The van der Waals surface area contributed by atoms with Gasteiger partial charge in [0, 0.05) is 9.92 Å². The number of fused-ring (bicyclic) bond motifs is 1. The molecule has 0 spiro atoms. The van der Waals surface area contributed by atoms with Crippen molar-refractivity contribution in [2.45, 2.75) is 18.4 Å². The summed E-state index contributed by atoms with van der Waals surface area (Å²) in [5, 5.41) is 1.36. The number of halogens is 1. The number of thiazole rings is 1. The maximum absolute atomic E-state index is 13.3. The average Bonchev–Trinajstić information content (AvgIpc) is 3.21. The molecule has 3 aromatic carbocycles. The van der Waals surface area contributed by atoms with Crippen LogP contribution in [0.1, 0.15) is 11.1 Å². The molecule has 0 unspecified atom stereocenters. The highest BCUT2D eigenvalue weighted by molar-refractivity contribution is 8.00. The van der Waals surface area contributed by atoms with Crippen LogP contribution in [0.15, 0.2) is 71.6 Å². The number of hydrogen-bond donors (Lipinski definition) is 0. The third-order valence-corrected chi connectivity index (χ3v) is 7.02. The lowest BCUT2D eigenvalue weighted by atomic mass is 10.2. The molecule has 7 heteroatoms. The maximum atomic E-state index is 13.3. The van der Waals surface area contributed by atoms with Crippen LogP contribution < -0.4 is 9.64 Å². The van der Waals surface area contributed by atoms with Gasteiger partial charge < -0.3 is 4.74 Å². The lowest BCUT2D eigenvalue weighted by Gasteiger charge is -2.20. The number of hydrogen-bond acceptors (Lipinski definition) is 5. The van der Waals surface area contributed by atoms with Crippen molar-refractivity contribution in [1.82, 2.24) is 4.98 Å². The van der Waals surface area contributed by atoms with Crippen LogP contribution in [0.3, 0.4) is 0 Å². The first-order valence-corrected chi connectivity index (χ1v) is 11.9. The Hall–Kier alpha value is -2.54. The van der Waals surface area contributed by atoms with Crippen LogP contribution in [0.2, 0.25) is 5.02 Å². The van der Waals surface area contributed by atoms with Crippen molar-refractivity contribution >= 4 is 56.0 Å². The van der Waals surface area contributed by atoms with E-state index in [1.54, 1.807) is 12.0 Å². The number of nitrogens with zero attached hydrogens (tertiary/aromatic N) is 2. The molecule has 0 bridgehead atoms. The molecule has 1 aromatic heterocycles. The Morgan fingerprint density at radius 3 is 2.58 bits per heavy atom. The summed E-state index contributed by atoms with van der Waals surface area (Å²) in [7, 11) is 1.64. The van der Waals surface area contributed by atoms with E-state index in [0.29, 0.717) is 22.5 Å². The number of thioether (sulfide) groups is 1. The molecule has 4 aromatic rings. The standard InChI is InChI=1S/C24H21ClN2O2S2/c1-16-12-18(25)13-21-23(16)26-24(31-21)27(14-17-6-4-3-5-7-17)22(28)15-30-20-10-8-19(29-2)9-11-20/h3-13H,14-15H2,1-2H3. The molecule has 0 atom stereocenters. The van der Waals surface area contributed by atoms with Gasteiger partial charge >= 0.3 is 0 Å². The van der Waals surface area contributed by atoms with E-state index in [-0.39, 0.29) is 5.91 Å². The van der Waals surface area contributed by atoms with Crippen LogP contribution in [0.5, 0.6) is 5.75 Å². The van der Waals surface area contributed by atoms with Gasteiger partial charge in [-0.3, -0.25) is 9.69 Å². The van der Waals surface area contributed by atoms with E-state index in [0.717, 1.165) is 32.0 Å². The van der Waals surface area contributed by atoms with E-state index in [9.17, 15) is 4.79 Å². The van der Waals surface area contributed by atoms with Gasteiger partial charge in [0.1, 0.15) is 5.75 Å². The molecule has 158 valence electrons. The third-order valence-electron chi connectivity index (χ3n) is 4.78. The molecule has 0 aliphatic rings. The molecule has 0 fully saturated rings. The summed E-state index contributed by atoms with van der Waals surface area (Å²) in [6, 6.07) is 21.5. The highest BCUT2D eigenvalue weighted by Gasteiger charge is 2.21. The number of rotatable bonds is 7. The van der Waals surface area contributed by atoms with Gasteiger partial charge in [-0.25, -0.2) is 4.98 Å². The molecule has 1 amide bonds. The Morgan fingerprint density at radius 1 is 1.13 bits per heavy atom. The third kappa shape index (κ3) is 5.21. The number of benzene rings is 3. The fourth-order valence-electron chi connectivity index (χ4n) is 3.18. The van der Waals surface area contributed by atoms with Gasteiger partial charge in [0.05, 0.1) is 29.6 Å². The summed E-state index contributed by atoms with van der Waals surface area (Å²) in [5.74, 6) is 1.12. The fraction of sp³-hybridized carbons (Fsp3) is 0.167. The molecular formula is C24H21ClN2O2S2. The second-order valence-corrected chi connectivity index (χ2v) is 9.49. The van der Waals surface area contributed by atoms with Crippen molar-refractivity contribution < 1.29 is 9.53 Å². The van der Waals surface area contributed by atoms with Crippen LogP contribution in [0, 0.1) is 6.92 Å². The predicted octanol–water partition coefficient (Wildman–Crippen LogP) is 6.59. The Bertz CT molecular complexity index is 1190. The first kappa shape index (κ1) is 21.7. The molecule has 0 aliphatic heterocycles. The van der Waals surface area contributed by atoms with Gasteiger partial charge in [0.2, 0.25) is 5.91 Å². The van der Waals surface area contributed by atoms with E-state index >= 15 is 0 Å². The number of ether oxygens (including phenoxy) is 1. The van der Waals surface area contributed by atoms with E-state index in [2.05, 4.69) is 0 Å². The van der Waals surface area contributed by atoms with E-state index in [1.165, 1.54) is 23.1 Å². The number of amides is 1. The van der Waals surface area contributed by atoms with Crippen LogP contribution in [-0.4, -0.2) is 23.8 Å². The molecule has 0 N–H and O–H groups in total. The lowest BCUT2D eigenvalue weighted by Crippen LogP contribution is -2.31. The summed E-state index contributed by atoms with van der Waals surface area (Å²) >= 11 is 9.22. The number of anilines is 1. The quantitative estimate of drug-likeness (QED) is 0.287. The number of methoxy groups -OCH3 is 1. The molecule has 1 heterocycles. The Morgan fingerprint density at radius 2 is 1.87 bits per heavy atom. The molecule has 0 saturated carbocycles. The molecular weight excluding hydrogens is 448 g/mol. The number of carbonyl (C=O) groups is 1. The highest BCUT2D eigenvalue weighted by atomic mass is 35.5. The topological polar surface area (TPSA) is 42.4 Å². The molecule has 4 rings (SSSR count). The summed E-state index contributed by atoms with van der Waals surface area (Å²) in [6.45, 7) is 2.45. The second-order valence-electron chi connectivity index (χ2n) is 7.00. The second kappa shape index (κ2) is 9.73. The zero-order valence-electron chi connectivity index (χ0n) is 17.2. The van der Waals surface area contributed by atoms with Crippen molar-refractivity contribution in [2.24, 2.45) is 0 Å². The van der Waals surface area contributed by atoms with E-state index < -0.39 is 0 Å². The normalized spacial score (nSPS) is 10.9. The summed E-state index contributed by atoms with van der Waals surface area (Å²) in [4.78, 5) is 20.9. The summed E-state index contributed by atoms with van der Waals surface area (Å²) < 4.78 is 6.18. The van der Waals surface area contributed by atoms with E-state index in [1.807, 2.05) is 73.7 Å². The Labute approximate surface area is 194 Å². The first-order valence-electron chi connectivity index (χ1n) is 9.71. The van der Waals surface area contributed by atoms with Gasteiger partial charge in [0.15, 0.2) is 5.13 Å². The minimum absolute atomic E-state index is 0.00692. The van der Waals surface area contributed by atoms with Crippen molar-refractivity contribution in [1.29, 1.82) is 0 Å². The van der Waals surface area contributed by atoms with Gasteiger partial charge in [-0.05, 0) is 54.4 Å². The largest absolute Gasteiger partial charge is 0.497 e. The lowest BCUT2D eigenvalue weighted by molar-refractivity contribution is -0.116. The van der Waals surface area contributed by atoms with Gasteiger partial charge in [-0.15, -0.1) is 11.8 Å². The highest BCUT2D eigenvalue weighted by Crippen LogP contribution is 2.34. The van der Waals surface area contributed by atoms with Crippen molar-refractivity contribution in [3.63, 3.8) is 0 Å². The molecule has 4 nitrogen and oxygen atoms in total. The first-order chi connectivity index (χ1) is 15.0. The summed E-state index contributed by atoms with van der Waals surface area (Å²) in [6.07, 6.45) is 0. The van der Waals surface area contributed by atoms with Gasteiger partial charge in [-0.1, -0.05) is 53.3 Å². The van der Waals surface area contributed by atoms with Gasteiger partial charge in [-0.2, -0.15) is 0 Å². The summed E-state index contributed by atoms with van der Waals surface area (Å²) in [5.41, 5.74) is 2.95. The van der Waals surface area contributed by atoms with Crippen LogP contribution in [0.25, 0.3) is 10.2 Å². The molecule has 31 heavy (non-hydrogen) atoms. The number of carbonyl (C=O) groups excluding carboxylic acids is 1. The minimum atomic E-state index is 0.00692. The van der Waals surface area contributed by atoms with Crippen molar-refractivity contribution in [3.8, 4) is 5.75 Å². The smallest absolute Gasteiger partial charge is 0.239 e. The number of aromatic nitrogens is 1. The zero-order valence-corrected chi connectivity index (χ0v) is 19.6. The zero-order chi connectivity index (χ0) is 21.8. The minimum Gasteiger partial charge on any atom is -0.497 e.